The average Bonchev–Trinajstić information content (AvgIpc) is 2.97. The van der Waals surface area contributed by atoms with Gasteiger partial charge in [-0.25, -0.2) is 0 Å². The predicted molar refractivity (Wildman–Crippen MR) is 80.0 cm³/mol. The van der Waals surface area contributed by atoms with E-state index in [1.807, 2.05) is 44.2 Å². The monoisotopic (exact) mass is 306 g/mol. The molecule has 0 bridgehead atoms. The maximum absolute atomic E-state index is 10.6. The summed E-state index contributed by atoms with van der Waals surface area (Å²) in [7, 11) is 0. The highest BCUT2D eigenvalue weighted by Gasteiger charge is 2.57. The normalized spacial score (nSPS) is 34.3. The van der Waals surface area contributed by atoms with Crippen LogP contribution in [0.1, 0.15) is 25.5 Å². The van der Waals surface area contributed by atoms with Crippen molar-refractivity contribution in [2.75, 3.05) is 6.61 Å². The van der Waals surface area contributed by atoms with Gasteiger partial charge in [0.25, 0.3) is 0 Å². The van der Waals surface area contributed by atoms with Gasteiger partial charge in [0.1, 0.15) is 24.4 Å². The summed E-state index contributed by atoms with van der Waals surface area (Å²) < 4.78 is 23.3. The van der Waals surface area contributed by atoms with E-state index in [9.17, 15) is 5.11 Å². The van der Waals surface area contributed by atoms with Crippen molar-refractivity contribution in [3.05, 3.63) is 48.6 Å². The summed E-state index contributed by atoms with van der Waals surface area (Å²) in [5, 5.41) is 10.6. The summed E-state index contributed by atoms with van der Waals surface area (Å²) >= 11 is 0. The number of aliphatic hydroxyl groups is 1. The summed E-state index contributed by atoms with van der Waals surface area (Å²) in [4.78, 5) is 0. The standard InChI is InChI=1S/C17H22O5/c1-4-10-19-14-13(12(18)11-8-6-5-7-9-11)20-16-15(14)21-17(2,3)22-16/h4-9,12-16,18H,1,10H2,2-3H3/t12-,13+,14-,15+,16+/m0/s1. The van der Waals surface area contributed by atoms with E-state index in [1.165, 1.54) is 0 Å². The van der Waals surface area contributed by atoms with Gasteiger partial charge >= 0.3 is 0 Å². The van der Waals surface area contributed by atoms with Gasteiger partial charge in [0, 0.05) is 0 Å². The van der Waals surface area contributed by atoms with E-state index in [0.29, 0.717) is 6.61 Å². The highest BCUT2D eigenvalue weighted by molar-refractivity contribution is 5.20. The van der Waals surface area contributed by atoms with Gasteiger partial charge in [-0.15, -0.1) is 6.58 Å². The molecule has 22 heavy (non-hydrogen) atoms. The molecule has 0 saturated carbocycles. The second-order valence-electron chi connectivity index (χ2n) is 6.01. The van der Waals surface area contributed by atoms with Crippen LogP contribution >= 0.6 is 0 Å². The maximum atomic E-state index is 10.6. The summed E-state index contributed by atoms with van der Waals surface area (Å²) in [6.07, 6.45) is -1.00. The van der Waals surface area contributed by atoms with Crippen LogP contribution in [0.4, 0.5) is 0 Å². The third-order valence-electron chi connectivity index (χ3n) is 3.89. The Balaban J connectivity index is 1.80. The van der Waals surface area contributed by atoms with E-state index in [0.717, 1.165) is 5.56 Å². The van der Waals surface area contributed by atoms with Gasteiger partial charge in [-0.05, 0) is 19.4 Å². The molecule has 3 rings (SSSR count). The highest BCUT2D eigenvalue weighted by atomic mass is 16.8. The van der Waals surface area contributed by atoms with Crippen molar-refractivity contribution in [3.8, 4) is 0 Å². The Bertz CT molecular complexity index is 515. The zero-order chi connectivity index (χ0) is 15.7. The molecule has 2 heterocycles. The molecule has 0 radical (unpaired) electrons. The fraction of sp³-hybridized carbons (Fsp3) is 0.529. The minimum absolute atomic E-state index is 0.360. The first-order valence-electron chi connectivity index (χ1n) is 7.48. The number of hydrogen-bond donors (Lipinski definition) is 1. The maximum Gasteiger partial charge on any atom is 0.190 e. The Hall–Kier alpha value is -1.24. The van der Waals surface area contributed by atoms with Crippen LogP contribution in [0.25, 0.3) is 0 Å². The number of benzene rings is 1. The molecule has 2 aliphatic heterocycles. The third-order valence-corrected chi connectivity index (χ3v) is 3.89. The van der Waals surface area contributed by atoms with Gasteiger partial charge in [-0.3, -0.25) is 0 Å². The zero-order valence-electron chi connectivity index (χ0n) is 12.8. The first kappa shape index (κ1) is 15.6. The first-order valence-corrected chi connectivity index (χ1v) is 7.48. The van der Waals surface area contributed by atoms with Crippen molar-refractivity contribution < 1.29 is 24.1 Å². The number of fused-ring (bicyclic) bond motifs is 1. The lowest BCUT2D eigenvalue weighted by atomic mass is 9.99. The Labute approximate surface area is 130 Å². The van der Waals surface area contributed by atoms with Crippen molar-refractivity contribution in [1.29, 1.82) is 0 Å². The van der Waals surface area contributed by atoms with Crippen molar-refractivity contribution in [2.24, 2.45) is 0 Å². The van der Waals surface area contributed by atoms with Gasteiger partial charge in [0.15, 0.2) is 12.1 Å². The van der Waals surface area contributed by atoms with E-state index in [4.69, 9.17) is 18.9 Å². The van der Waals surface area contributed by atoms with Crippen LogP contribution in [-0.4, -0.2) is 42.1 Å². The Morgan fingerprint density at radius 1 is 1.32 bits per heavy atom. The largest absolute Gasteiger partial charge is 0.386 e. The average molecular weight is 306 g/mol. The van der Waals surface area contributed by atoms with Crippen LogP contribution in [0, 0.1) is 0 Å². The molecule has 5 atom stereocenters. The predicted octanol–water partition coefficient (Wildman–Crippen LogP) is 2.17. The Morgan fingerprint density at radius 2 is 2.05 bits per heavy atom. The van der Waals surface area contributed by atoms with Crippen molar-refractivity contribution in [1.82, 2.24) is 0 Å². The molecule has 0 aromatic heterocycles. The summed E-state index contributed by atoms with van der Waals surface area (Å²) in [5.74, 6) is -0.714. The van der Waals surface area contributed by atoms with Crippen LogP contribution < -0.4 is 0 Å². The number of hydrogen-bond acceptors (Lipinski definition) is 5. The van der Waals surface area contributed by atoms with Crippen LogP contribution in [0.3, 0.4) is 0 Å². The summed E-state index contributed by atoms with van der Waals surface area (Å²) in [6.45, 7) is 7.69. The molecule has 2 saturated heterocycles. The van der Waals surface area contributed by atoms with E-state index < -0.39 is 30.4 Å². The smallest absolute Gasteiger partial charge is 0.190 e. The number of ether oxygens (including phenoxy) is 4. The molecule has 2 fully saturated rings. The van der Waals surface area contributed by atoms with E-state index in [1.54, 1.807) is 6.08 Å². The van der Waals surface area contributed by atoms with E-state index in [2.05, 4.69) is 6.58 Å². The van der Waals surface area contributed by atoms with Crippen molar-refractivity contribution in [2.45, 2.75) is 50.3 Å². The fourth-order valence-corrected chi connectivity index (χ4v) is 2.97. The van der Waals surface area contributed by atoms with Crippen LogP contribution in [0.5, 0.6) is 0 Å². The van der Waals surface area contributed by atoms with Crippen LogP contribution in [0.15, 0.2) is 43.0 Å². The zero-order valence-corrected chi connectivity index (χ0v) is 12.8. The van der Waals surface area contributed by atoms with Gasteiger partial charge < -0.3 is 24.1 Å². The molecular formula is C17H22O5. The van der Waals surface area contributed by atoms with Crippen molar-refractivity contribution in [3.63, 3.8) is 0 Å². The van der Waals surface area contributed by atoms with E-state index >= 15 is 0 Å². The number of aliphatic hydroxyl groups excluding tert-OH is 1. The minimum Gasteiger partial charge on any atom is -0.386 e. The van der Waals surface area contributed by atoms with Gasteiger partial charge in [-0.2, -0.15) is 0 Å². The van der Waals surface area contributed by atoms with Crippen molar-refractivity contribution >= 4 is 0 Å². The molecule has 1 aromatic carbocycles. The lowest BCUT2D eigenvalue weighted by Crippen LogP contribution is -2.39. The summed E-state index contributed by atoms with van der Waals surface area (Å²) in [6, 6.07) is 9.38. The third kappa shape index (κ3) is 2.95. The molecule has 5 nitrogen and oxygen atoms in total. The second-order valence-corrected chi connectivity index (χ2v) is 6.01. The minimum atomic E-state index is -0.808. The second kappa shape index (κ2) is 6.10. The fourth-order valence-electron chi connectivity index (χ4n) is 2.97. The van der Waals surface area contributed by atoms with Gasteiger partial charge in [0.2, 0.25) is 0 Å². The molecule has 2 aliphatic rings. The molecule has 5 heteroatoms. The Morgan fingerprint density at radius 3 is 2.73 bits per heavy atom. The lowest BCUT2D eigenvalue weighted by molar-refractivity contribution is -0.229. The molecular weight excluding hydrogens is 284 g/mol. The lowest BCUT2D eigenvalue weighted by Gasteiger charge is -2.28. The highest BCUT2D eigenvalue weighted by Crippen LogP contribution is 2.42. The molecule has 0 aliphatic carbocycles. The van der Waals surface area contributed by atoms with Crippen LogP contribution in [0.2, 0.25) is 0 Å². The topological polar surface area (TPSA) is 57.2 Å². The number of rotatable bonds is 5. The Kier molecular flexibility index (Phi) is 4.34. The van der Waals surface area contributed by atoms with E-state index in [-0.39, 0.29) is 6.10 Å². The quantitative estimate of drug-likeness (QED) is 0.845. The first-order chi connectivity index (χ1) is 10.5. The van der Waals surface area contributed by atoms with Gasteiger partial charge in [0.05, 0.1) is 6.61 Å². The molecule has 0 amide bonds. The van der Waals surface area contributed by atoms with Crippen LogP contribution in [-0.2, 0) is 18.9 Å². The molecule has 120 valence electrons. The molecule has 0 spiro atoms. The molecule has 1 N–H and O–H groups in total. The van der Waals surface area contributed by atoms with Gasteiger partial charge in [-0.1, -0.05) is 36.4 Å². The molecule has 0 unspecified atom stereocenters. The SMILES string of the molecule is C=CCO[C@@H]1[C@H]2OC(C)(C)O[C@H]2O[C@@H]1[C@@H](O)c1ccccc1. The molecule has 1 aromatic rings. The summed E-state index contributed by atoms with van der Waals surface area (Å²) in [5.41, 5.74) is 0.777.